The summed E-state index contributed by atoms with van der Waals surface area (Å²) in [5.41, 5.74) is 3.61. The Bertz CT molecular complexity index is 921. The molecule has 2 amide bonds. The molecule has 0 radical (unpaired) electrons. The van der Waals surface area contributed by atoms with Crippen molar-refractivity contribution in [3.63, 3.8) is 0 Å². The van der Waals surface area contributed by atoms with Gasteiger partial charge in [0.25, 0.3) is 5.91 Å². The van der Waals surface area contributed by atoms with Crippen molar-refractivity contribution in [1.82, 2.24) is 9.80 Å². The van der Waals surface area contributed by atoms with Crippen molar-refractivity contribution in [3.05, 3.63) is 53.1 Å². The number of aryl methyl sites for hydroxylation is 2. The average Bonchev–Trinajstić information content (AvgIpc) is 2.76. The van der Waals surface area contributed by atoms with E-state index in [0.717, 1.165) is 11.1 Å². The molecule has 0 saturated carbocycles. The third-order valence-electron chi connectivity index (χ3n) is 5.46. The molecule has 0 bridgehead atoms. The van der Waals surface area contributed by atoms with Crippen LogP contribution in [0.1, 0.15) is 21.5 Å². The summed E-state index contributed by atoms with van der Waals surface area (Å²) in [5.74, 6) is 1.14. The minimum atomic E-state index is -0.118. The molecule has 1 aliphatic rings. The molecule has 0 spiro atoms. The molecule has 2 aromatic rings. The predicted molar refractivity (Wildman–Crippen MR) is 116 cm³/mol. The van der Waals surface area contributed by atoms with Crippen LogP contribution in [0.15, 0.2) is 36.4 Å². The molecule has 0 atom stereocenters. The SMILES string of the molecule is COc1ccc(NC(=O)CN2CCN(C(=O)c3ccc(C)c(C)c3)CC2)c(OC)c1. The third kappa shape index (κ3) is 5.10. The molecule has 7 nitrogen and oxygen atoms in total. The zero-order chi connectivity index (χ0) is 21.7. The Hall–Kier alpha value is -3.06. The highest BCUT2D eigenvalue weighted by Gasteiger charge is 2.23. The highest BCUT2D eigenvalue weighted by atomic mass is 16.5. The lowest BCUT2D eigenvalue weighted by atomic mass is 10.1. The third-order valence-corrected chi connectivity index (χ3v) is 5.46. The van der Waals surface area contributed by atoms with Crippen molar-refractivity contribution in [2.24, 2.45) is 0 Å². The second kappa shape index (κ2) is 9.63. The van der Waals surface area contributed by atoms with E-state index < -0.39 is 0 Å². The molecule has 1 N–H and O–H groups in total. The molecule has 7 heteroatoms. The van der Waals surface area contributed by atoms with E-state index in [9.17, 15) is 9.59 Å². The summed E-state index contributed by atoms with van der Waals surface area (Å²) in [5, 5.41) is 2.89. The first-order valence-corrected chi connectivity index (χ1v) is 10.0. The number of hydrogen-bond acceptors (Lipinski definition) is 5. The summed E-state index contributed by atoms with van der Waals surface area (Å²) in [6.07, 6.45) is 0. The van der Waals surface area contributed by atoms with Crippen LogP contribution in [0, 0.1) is 13.8 Å². The Balaban J connectivity index is 1.52. The maximum Gasteiger partial charge on any atom is 0.253 e. The summed E-state index contributed by atoms with van der Waals surface area (Å²) in [7, 11) is 3.13. The van der Waals surface area contributed by atoms with Crippen molar-refractivity contribution in [2.45, 2.75) is 13.8 Å². The van der Waals surface area contributed by atoms with Crippen molar-refractivity contribution < 1.29 is 19.1 Å². The molecule has 0 aromatic heterocycles. The number of methoxy groups -OCH3 is 2. The van der Waals surface area contributed by atoms with Crippen LogP contribution < -0.4 is 14.8 Å². The molecule has 160 valence electrons. The van der Waals surface area contributed by atoms with Gasteiger partial charge in [0, 0.05) is 37.8 Å². The van der Waals surface area contributed by atoms with Gasteiger partial charge in [-0.15, -0.1) is 0 Å². The molecule has 0 unspecified atom stereocenters. The van der Waals surface area contributed by atoms with Crippen molar-refractivity contribution in [3.8, 4) is 11.5 Å². The molecule has 1 saturated heterocycles. The fraction of sp³-hybridized carbons (Fsp3) is 0.391. The van der Waals surface area contributed by atoms with Gasteiger partial charge < -0.3 is 19.7 Å². The van der Waals surface area contributed by atoms with Crippen molar-refractivity contribution in [2.75, 3.05) is 52.3 Å². The van der Waals surface area contributed by atoms with Gasteiger partial charge >= 0.3 is 0 Å². The molecule has 0 aliphatic carbocycles. The van der Waals surface area contributed by atoms with Gasteiger partial charge in [-0.2, -0.15) is 0 Å². The first-order valence-electron chi connectivity index (χ1n) is 10.0. The minimum Gasteiger partial charge on any atom is -0.497 e. The number of rotatable bonds is 6. The normalized spacial score (nSPS) is 14.3. The molecule has 1 aliphatic heterocycles. The molecule has 30 heavy (non-hydrogen) atoms. The average molecular weight is 412 g/mol. The van der Waals surface area contributed by atoms with Crippen molar-refractivity contribution in [1.29, 1.82) is 0 Å². The summed E-state index contributed by atoms with van der Waals surface area (Å²) in [4.78, 5) is 29.2. The fourth-order valence-electron chi connectivity index (χ4n) is 3.46. The van der Waals surface area contributed by atoms with E-state index >= 15 is 0 Å². The maximum absolute atomic E-state index is 12.8. The number of nitrogens with one attached hydrogen (secondary N) is 1. The van der Waals surface area contributed by atoms with Gasteiger partial charge in [-0.05, 0) is 49.2 Å². The summed E-state index contributed by atoms with van der Waals surface area (Å²) in [6.45, 7) is 6.83. The Morgan fingerprint density at radius 2 is 1.67 bits per heavy atom. The van der Waals surface area contributed by atoms with Crippen LogP contribution >= 0.6 is 0 Å². The zero-order valence-electron chi connectivity index (χ0n) is 18.0. The van der Waals surface area contributed by atoms with Gasteiger partial charge in [0.2, 0.25) is 5.91 Å². The van der Waals surface area contributed by atoms with Gasteiger partial charge in [0.1, 0.15) is 11.5 Å². The first kappa shape index (κ1) is 21.6. The summed E-state index contributed by atoms with van der Waals surface area (Å²) >= 11 is 0. The van der Waals surface area contributed by atoms with Crippen LogP contribution in [0.4, 0.5) is 5.69 Å². The van der Waals surface area contributed by atoms with Gasteiger partial charge in [0.05, 0.1) is 26.5 Å². The largest absolute Gasteiger partial charge is 0.497 e. The van der Waals surface area contributed by atoms with Crippen LogP contribution in [0.25, 0.3) is 0 Å². The van der Waals surface area contributed by atoms with E-state index in [-0.39, 0.29) is 18.4 Å². The number of nitrogens with zero attached hydrogens (tertiary/aromatic N) is 2. The molecule has 1 fully saturated rings. The van der Waals surface area contributed by atoms with Crippen LogP contribution in [-0.2, 0) is 4.79 Å². The van der Waals surface area contributed by atoms with Gasteiger partial charge in [-0.3, -0.25) is 14.5 Å². The Kier molecular flexibility index (Phi) is 6.95. The van der Waals surface area contributed by atoms with E-state index in [4.69, 9.17) is 9.47 Å². The van der Waals surface area contributed by atoms with Crippen LogP contribution in [0.5, 0.6) is 11.5 Å². The summed E-state index contributed by atoms with van der Waals surface area (Å²) in [6, 6.07) is 11.1. The highest BCUT2D eigenvalue weighted by molar-refractivity contribution is 5.95. The van der Waals surface area contributed by atoms with E-state index in [1.54, 1.807) is 32.4 Å². The standard InChI is InChI=1S/C23H29N3O4/c1-16-5-6-18(13-17(16)2)23(28)26-11-9-25(10-12-26)15-22(27)24-20-8-7-19(29-3)14-21(20)30-4/h5-8,13-14H,9-12,15H2,1-4H3,(H,24,27). The summed E-state index contributed by atoms with van der Waals surface area (Å²) < 4.78 is 10.5. The smallest absolute Gasteiger partial charge is 0.253 e. The van der Waals surface area contributed by atoms with Gasteiger partial charge in [-0.1, -0.05) is 6.07 Å². The molecule has 2 aromatic carbocycles. The molecule has 1 heterocycles. The number of carbonyl (C=O) groups excluding carboxylic acids is 2. The molecular weight excluding hydrogens is 382 g/mol. The Morgan fingerprint density at radius 1 is 0.933 bits per heavy atom. The van der Waals surface area contributed by atoms with E-state index in [2.05, 4.69) is 10.2 Å². The number of benzene rings is 2. The van der Waals surface area contributed by atoms with Gasteiger partial charge in [-0.25, -0.2) is 0 Å². The number of amides is 2. The lowest BCUT2D eigenvalue weighted by Crippen LogP contribution is -2.50. The zero-order valence-corrected chi connectivity index (χ0v) is 18.0. The number of anilines is 1. The fourth-order valence-corrected chi connectivity index (χ4v) is 3.46. The Morgan fingerprint density at radius 3 is 2.30 bits per heavy atom. The van der Waals surface area contributed by atoms with E-state index in [1.807, 2.05) is 36.9 Å². The number of piperazine rings is 1. The Labute approximate surface area is 177 Å². The monoisotopic (exact) mass is 411 g/mol. The van der Waals surface area contributed by atoms with Crippen LogP contribution in [-0.4, -0.2) is 68.6 Å². The number of ether oxygens (including phenoxy) is 2. The molecule has 3 rings (SSSR count). The first-order chi connectivity index (χ1) is 14.4. The van der Waals surface area contributed by atoms with E-state index in [0.29, 0.717) is 43.4 Å². The van der Waals surface area contributed by atoms with Gasteiger partial charge in [0.15, 0.2) is 0 Å². The quantitative estimate of drug-likeness (QED) is 0.792. The van der Waals surface area contributed by atoms with Crippen molar-refractivity contribution >= 4 is 17.5 Å². The predicted octanol–water partition coefficient (Wildman–Crippen LogP) is 2.72. The number of carbonyl (C=O) groups is 2. The molecular formula is C23H29N3O4. The maximum atomic E-state index is 12.8. The second-order valence-corrected chi connectivity index (χ2v) is 7.48. The number of hydrogen-bond donors (Lipinski definition) is 1. The lowest BCUT2D eigenvalue weighted by molar-refractivity contribution is -0.117. The highest BCUT2D eigenvalue weighted by Crippen LogP contribution is 2.29. The topological polar surface area (TPSA) is 71.1 Å². The minimum absolute atomic E-state index is 0.0465. The van der Waals surface area contributed by atoms with Crippen LogP contribution in [0.2, 0.25) is 0 Å². The van der Waals surface area contributed by atoms with Crippen LogP contribution in [0.3, 0.4) is 0 Å². The lowest BCUT2D eigenvalue weighted by Gasteiger charge is -2.34. The second-order valence-electron chi connectivity index (χ2n) is 7.48. The van der Waals surface area contributed by atoms with E-state index in [1.165, 1.54) is 5.56 Å².